The van der Waals surface area contributed by atoms with Gasteiger partial charge in [0.15, 0.2) is 0 Å². The van der Waals surface area contributed by atoms with Crippen LogP contribution in [0.1, 0.15) is 0 Å². The smallest absolute Gasteiger partial charge is 0.140 e. The minimum atomic E-state index is 0.613. The molecule has 0 aliphatic rings. The van der Waals surface area contributed by atoms with Crippen molar-refractivity contribution in [2.75, 3.05) is 4.61 Å². The molecule has 0 radical (unpaired) electrons. The first-order chi connectivity index (χ1) is 6.79. The molecule has 0 saturated heterocycles. The number of nitrogens with zero attached hydrogens (tertiary/aromatic N) is 2. The maximum Gasteiger partial charge on any atom is 0.140 e. The van der Waals surface area contributed by atoms with Crippen molar-refractivity contribution in [3.8, 4) is 5.75 Å². The summed E-state index contributed by atoms with van der Waals surface area (Å²) in [5.41, 5.74) is 1.70. The molecule has 14 heavy (non-hydrogen) atoms. The molecule has 0 spiro atoms. The number of pyridine rings is 2. The summed E-state index contributed by atoms with van der Waals surface area (Å²) in [6.45, 7) is 0. The van der Waals surface area contributed by atoms with Crippen LogP contribution in [0, 0.1) is 0 Å². The molecule has 0 fully saturated rings. The van der Waals surface area contributed by atoms with E-state index in [9.17, 15) is 0 Å². The predicted octanol–water partition coefficient (Wildman–Crippen LogP) is 3.16. The molecule has 0 aromatic carbocycles. The van der Waals surface area contributed by atoms with Crippen LogP contribution in [0.25, 0.3) is 11.0 Å². The molecule has 0 saturated carbocycles. The Morgan fingerprint density at radius 1 is 1.21 bits per heavy atom. The van der Waals surface area contributed by atoms with E-state index in [1.54, 1.807) is 12.4 Å². The number of alkyl halides is 1. The van der Waals surface area contributed by atoms with Crippen LogP contribution in [-0.4, -0.2) is 14.6 Å². The van der Waals surface area contributed by atoms with E-state index in [-0.39, 0.29) is 0 Å². The monoisotopic (exact) mass is 364 g/mol. The van der Waals surface area contributed by atoms with Gasteiger partial charge in [-0.25, -0.2) is 0 Å². The first-order valence-electron chi connectivity index (χ1n) is 3.89. The molecular weight excluding hydrogens is 359 g/mol. The number of halogens is 2. The summed E-state index contributed by atoms with van der Waals surface area (Å²) in [5.74, 6) is 0.752. The zero-order chi connectivity index (χ0) is 9.97. The van der Waals surface area contributed by atoms with Crippen LogP contribution >= 0.6 is 38.5 Å². The third-order valence-electron chi connectivity index (χ3n) is 1.70. The van der Waals surface area contributed by atoms with E-state index >= 15 is 0 Å². The van der Waals surface area contributed by atoms with Crippen LogP contribution in [0.3, 0.4) is 0 Å². The van der Waals surface area contributed by atoms with Gasteiger partial charge in [0, 0.05) is 16.7 Å². The fourth-order valence-corrected chi connectivity index (χ4v) is 1.78. The van der Waals surface area contributed by atoms with E-state index in [1.165, 1.54) is 0 Å². The molecule has 2 aromatic rings. The van der Waals surface area contributed by atoms with Crippen molar-refractivity contribution in [2.45, 2.75) is 0 Å². The van der Waals surface area contributed by atoms with Gasteiger partial charge in [0.1, 0.15) is 10.4 Å². The molecule has 0 unspecified atom stereocenters. The van der Waals surface area contributed by atoms with Crippen molar-refractivity contribution < 1.29 is 4.74 Å². The largest absolute Gasteiger partial charge is 0.482 e. The average Bonchev–Trinajstić information content (AvgIpc) is 2.19. The number of rotatable bonds is 2. The lowest BCUT2D eigenvalue weighted by molar-refractivity contribution is 0.403. The molecular formula is C9H6BrIN2O. The third kappa shape index (κ3) is 2.14. The molecule has 0 amide bonds. The predicted molar refractivity (Wildman–Crippen MR) is 66.8 cm³/mol. The fraction of sp³-hybridized carbons (Fsp3) is 0.111. The molecule has 0 bridgehead atoms. The van der Waals surface area contributed by atoms with Crippen LogP contribution in [-0.2, 0) is 0 Å². The Bertz CT molecular complexity index is 464. The molecule has 0 N–H and O–H groups in total. The highest BCUT2D eigenvalue weighted by atomic mass is 127. The Morgan fingerprint density at radius 3 is 2.71 bits per heavy atom. The molecule has 0 aliphatic heterocycles. The van der Waals surface area contributed by atoms with Crippen molar-refractivity contribution in [3.05, 3.63) is 29.0 Å². The quantitative estimate of drug-likeness (QED) is 0.606. The van der Waals surface area contributed by atoms with Gasteiger partial charge in [0.2, 0.25) is 0 Å². The number of hydrogen-bond acceptors (Lipinski definition) is 3. The molecule has 5 heteroatoms. The molecule has 72 valence electrons. The lowest BCUT2D eigenvalue weighted by Crippen LogP contribution is -1.90. The maximum atomic E-state index is 5.32. The number of fused-ring (bicyclic) bond motifs is 1. The zero-order valence-electron chi connectivity index (χ0n) is 7.08. The fourth-order valence-electron chi connectivity index (χ4n) is 1.10. The highest BCUT2D eigenvalue weighted by molar-refractivity contribution is 14.1. The topological polar surface area (TPSA) is 35.0 Å². The van der Waals surface area contributed by atoms with E-state index in [2.05, 4.69) is 48.5 Å². The second-order valence-corrected chi connectivity index (χ2v) is 4.15. The Balaban J connectivity index is 2.50. The summed E-state index contributed by atoms with van der Waals surface area (Å²) in [6.07, 6.45) is 3.45. The summed E-state index contributed by atoms with van der Waals surface area (Å²) in [5, 5.41) is 0. The molecule has 0 atom stereocenters. The Labute approximate surface area is 103 Å². The van der Waals surface area contributed by atoms with Crippen molar-refractivity contribution >= 4 is 49.6 Å². The summed E-state index contributed by atoms with van der Waals surface area (Å²) >= 11 is 5.49. The van der Waals surface area contributed by atoms with Gasteiger partial charge < -0.3 is 4.74 Å². The highest BCUT2D eigenvalue weighted by Crippen LogP contribution is 2.19. The van der Waals surface area contributed by atoms with E-state index < -0.39 is 0 Å². The second kappa shape index (κ2) is 4.39. The van der Waals surface area contributed by atoms with Gasteiger partial charge >= 0.3 is 0 Å². The minimum Gasteiger partial charge on any atom is -0.482 e. The SMILES string of the molecule is Brc1cnc2cc(OCI)cnc2c1. The standard InChI is InChI=1S/C9H6BrIN2O/c10-6-1-8-9(12-3-6)2-7(4-13-8)14-5-11/h1-4H,5H2. The molecule has 2 heterocycles. The first kappa shape index (κ1) is 10.1. The van der Waals surface area contributed by atoms with Crippen LogP contribution in [0.5, 0.6) is 5.75 Å². The molecule has 2 aromatic heterocycles. The van der Waals surface area contributed by atoms with Gasteiger partial charge in [-0.05, 0) is 44.6 Å². The third-order valence-corrected chi connectivity index (χ3v) is 2.44. The van der Waals surface area contributed by atoms with Gasteiger partial charge in [-0.1, -0.05) is 0 Å². The molecule has 0 aliphatic carbocycles. The van der Waals surface area contributed by atoms with Gasteiger partial charge in [-0.2, -0.15) is 0 Å². The van der Waals surface area contributed by atoms with Crippen LogP contribution in [0.4, 0.5) is 0 Å². The van der Waals surface area contributed by atoms with Gasteiger partial charge in [0.05, 0.1) is 17.2 Å². The van der Waals surface area contributed by atoms with Crippen LogP contribution in [0.15, 0.2) is 29.0 Å². The van der Waals surface area contributed by atoms with Gasteiger partial charge in [-0.3, -0.25) is 9.97 Å². The maximum absolute atomic E-state index is 5.32. The molecule has 2 rings (SSSR count). The summed E-state index contributed by atoms with van der Waals surface area (Å²) in [4.78, 5) is 8.47. The van der Waals surface area contributed by atoms with Crippen LogP contribution in [0.2, 0.25) is 0 Å². The van der Waals surface area contributed by atoms with E-state index in [0.717, 1.165) is 21.3 Å². The van der Waals surface area contributed by atoms with E-state index in [1.807, 2.05) is 12.1 Å². The number of ether oxygens (including phenoxy) is 1. The lowest BCUT2D eigenvalue weighted by Gasteiger charge is -2.02. The lowest BCUT2D eigenvalue weighted by atomic mass is 10.3. The van der Waals surface area contributed by atoms with E-state index in [0.29, 0.717) is 4.61 Å². The first-order valence-corrected chi connectivity index (χ1v) is 6.21. The Kier molecular flexibility index (Phi) is 3.17. The van der Waals surface area contributed by atoms with Crippen LogP contribution < -0.4 is 4.74 Å². The summed E-state index contributed by atoms with van der Waals surface area (Å²) < 4.78 is 6.86. The van der Waals surface area contributed by atoms with E-state index in [4.69, 9.17) is 4.74 Å². The zero-order valence-corrected chi connectivity index (χ0v) is 10.8. The van der Waals surface area contributed by atoms with Crippen molar-refractivity contribution in [1.29, 1.82) is 0 Å². The van der Waals surface area contributed by atoms with Crippen molar-refractivity contribution in [2.24, 2.45) is 0 Å². The van der Waals surface area contributed by atoms with Gasteiger partial charge in [-0.15, -0.1) is 0 Å². The van der Waals surface area contributed by atoms with Crippen molar-refractivity contribution in [1.82, 2.24) is 9.97 Å². The van der Waals surface area contributed by atoms with Crippen molar-refractivity contribution in [3.63, 3.8) is 0 Å². The normalized spacial score (nSPS) is 10.4. The number of aromatic nitrogens is 2. The van der Waals surface area contributed by atoms with Gasteiger partial charge in [0.25, 0.3) is 0 Å². The Morgan fingerprint density at radius 2 is 1.93 bits per heavy atom. The second-order valence-electron chi connectivity index (χ2n) is 2.62. The number of hydrogen-bond donors (Lipinski definition) is 0. The molecule has 3 nitrogen and oxygen atoms in total. The minimum absolute atomic E-state index is 0.613. The Hall–Kier alpha value is -0.430. The summed E-state index contributed by atoms with van der Waals surface area (Å²) in [6, 6.07) is 3.81. The average molecular weight is 365 g/mol. The summed E-state index contributed by atoms with van der Waals surface area (Å²) in [7, 11) is 0. The highest BCUT2D eigenvalue weighted by Gasteiger charge is 1.99.